The molecule has 2 N–H and O–H groups in total. The molecule has 2 nitrogen and oxygen atoms in total. The average Bonchev–Trinajstić information content (AvgIpc) is 2.91. The first-order valence-electron chi connectivity index (χ1n) is 6.94. The van der Waals surface area contributed by atoms with Crippen molar-refractivity contribution in [1.82, 2.24) is 4.90 Å². The molecule has 0 amide bonds. The highest BCUT2D eigenvalue weighted by atomic mass is 35.5. The number of nitrogens with zero attached hydrogens (tertiary/aromatic N) is 1. The van der Waals surface area contributed by atoms with E-state index < -0.39 is 0 Å². The molecule has 0 saturated carbocycles. The van der Waals surface area contributed by atoms with Crippen LogP contribution in [-0.4, -0.2) is 18.0 Å². The fourth-order valence-electron chi connectivity index (χ4n) is 2.85. The van der Waals surface area contributed by atoms with Crippen molar-refractivity contribution < 1.29 is 0 Å². The second kappa shape index (κ2) is 5.86. The molecule has 106 valence electrons. The maximum atomic E-state index is 6.26. The molecule has 1 aromatic heterocycles. The largest absolute Gasteiger partial charge is 0.329 e. The summed E-state index contributed by atoms with van der Waals surface area (Å²) in [5.74, 6) is 0. The van der Waals surface area contributed by atoms with Gasteiger partial charge in [-0.3, -0.25) is 4.90 Å². The highest BCUT2D eigenvalue weighted by molar-refractivity contribution is 7.10. The lowest BCUT2D eigenvalue weighted by Gasteiger charge is -2.34. The van der Waals surface area contributed by atoms with E-state index in [0.717, 1.165) is 30.1 Å². The van der Waals surface area contributed by atoms with Crippen molar-refractivity contribution >= 4 is 22.9 Å². The predicted octanol–water partition coefficient (Wildman–Crippen LogP) is 3.77. The van der Waals surface area contributed by atoms with Crippen molar-refractivity contribution in [3.8, 4) is 0 Å². The Bertz CT molecular complexity index is 608. The molecule has 0 aliphatic carbocycles. The van der Waals surface area contributed by atoms with Gasteiger partial charge in [-0.1, -0.05) is 23.7 Å². The molecule has 1 aliphatic rings. The van der Waals surface area contributed by atoms with Gasteiger partial charge in [0.15, 0.2) is 0 Å². The van der Waals surface area contributed by atoms with Gasteiger partial charge in [-0.05, 0) is 47.5 Å². The highest BCUT2D eigenvalue weighted by Gasteiger charge is 2.24. The molecule has 1 unspecified atom stereocenters. The summed E-state index contributed by atoms with van der Waals surface area (Å²) in [6, 6.07) is 8.79. The Balaban J connectivity index is 1.85. The number of halogens is 1. The van der Waals surface area contributed by atoms with Gasteiger partial charge in [-0.25, -0.2) is 0 Å². The lowest BCUT2D eigenvalue weighted by molar-refractivity contribution is 0.185. The van der Waals surface area contributed by atoms with Crippen LogP contribution < -0.4 is 5.73 Å². The van der Waals surface area contributed by atoms with Gasteiger partial charge in [0, 0.05) is 35.6 Å². The third-order valence-electron chi connectivity index (χ3n) is 4.08. The molecular weight excluding hydrogens is 288 g/mol. The van der Waals surface area contributed by atoms with E-state index >= 15 is 0 Å². The van der Waals surface area contributed by atoms with Crippen molar-refractivity contribution in [3.63, 3.8) is 0 Å². The first-order valence-corrected chi connectivity index (χ1v) is 8.20. The minimum absolute atomic E-state index is 0.251. The number of thiophene rings is 1. The molecule has 4 heteroatoms. The fourth-order valence-corrected chi connectivity index (χ4v) is 3.93. The van der Waals surface area contributed by atoms with Crippen LogP contribution in [0.3, 0.4) is 0 Å². The Labute approximate surface area is 129 Å². The average molecular weight is 307 g/mol. The quantitative estimate of drug-likeness (QED) is 0.935. The Morgan fingerprint density at radius 3 is 3.00 bits per heavy atom. The van der Waals surface area contributed by atoms with E-state index in [1.54, 1.807) is 0 Å². The summed E-state index contributed by atoms with van der Waals surface area (Å²) in [6.07, 6.45) is 1.13. The minimum atomic E-state index is 0.251. The molecular formula is C16H19ClN2S. The SMILES string of the molecule is Cc1ccc(C(CN)N2CCc3sccc3C2)cc1Cl. The molecule has 1 atom stereocenters. The summed E-state index contributed by atoms with van der Waals surface area (Å²) in [5, 5.41) is 3.02. The topological polar surface area (TPSA) is 29.3 Å². The predicted molar refractivity (Wildman–Crippen MR) is 86.4 cm³/mol. The molecule has 3 rings (SSSR count). The van der Waals surface area contributed by atoms with Crippen LogP contribution in [-0.2, 0) is 13.0 Å². The van der Waals surface area contributed by atoms with Crippen molar-refractivity contribution in [1.29, 1.82) is 0 Å². The summed E-state index contributed by atoms with van der Waals surface area (Å²) in [4.78, 5) is 4.00. The van der Waals surface area contributed by atoms with E-state index in [-0.39, 0.29) is 6.04 Å². The van der Waals surface area contributed by atoms with Crippen molar-refractivity contribution in [3.05, 3.63) is 56.2 Å². The van der Waals surface area contributed by atoms with E-state index in [9.17, 15) is 0 Å². The number of rotatable bonds is 3. The normalized spacial score (nSPS) is 16.9. The van der Waals surface area contributed by atoms with Gasteiger partial charge >= 0.3 is 0 Å². The zero-order valence-corrected chi connectivity index (χ0v) is 13.2. The smallest absolute Gasteiger partial charge is 0.0474 e. The maximum Gasteiger partial charge on any atom is 0.0474 e. The Morgan fingerprint density at radius 1 is 1.40 bits per heavy atom. The summed E-state index contributed by atoms with van der Waals surface area (Å²) < 4.78 is 0. The van der Waals surface area contributed by atoms with Gasteiger partial charge < -0.3 is 5.73 Å². The van der Waals surface area contributed by atoms with Crippen LogP contribution in [0.4, 0.5) is 0 Å². The Hall–Kier alpha value is -0.870. The minimum Gasteiger partial charge on any atom is -0.329 e. The van der Waals surface area contributed by atoms with E-state index in [1.807, 2.05) is 18.3 Å². The molecule has 2 aromatic rings. The molecule has 1 aromatic carbocycles. The number of hydrogen-bond donors (Lipinski definition) is 1. The second-order valence-corrected chi connectivity index (χ2v) is 6.76. The van der Waals surface area contributed by atoms with Gasteiger partial charge in [0.2, 0.25) is 0 Å². The Kier molecular flexibility index (Phi) is 4.13. The summed E-state index contributed by atoms with van der Waals surface area (Å²) in [5.41, 5.74) is 9.83. The van der Waals surface area contributed by atoms with Crippen LogP contribution in [0, 0.1) is 6.92 Å². The molecule has 0 bridgehead atoms. The van der Waals surface area contributed by atoms with Gasteiger partial charge in [0.05, 0.1) is 0 Å². The summed E-state index contributed by atoms with van der Waals surface area (Å²) >= 11 is 8.13. The van der Waals surface area contributed by atoms with E-state index in [2.05, 4.69) is 34.5 Å². The van der Waals surface area contributed by atoms with Crippen molar-refractivity contribution in [2.75, 3.05) is 13.1 Å². The molecule has 0 saturated heterocycles. The van der Waals surface area contributed by atoms with Crippen molar-refractivity contribution in [2.45, 2.75) is 25.9 Å². The third-order valence-corrected chi connectivity index (χ3v) is 5.51. The van der Waals surface area contributed by atoms with E-state index in [4.69, 9.17) is 17.3 Å². The second-order valence-electron chi connectivity index (χ2n) is 5.35. The molecule has 20 heavy (non-hydrogen) atoms. The standard InChI is InChI=1S/C16H19ClN2S/c1-11-2-3-12(8-14(11)17)15(9-18)19-6-4-16-13(10-19)5-7-20-16/h2-3,5,7-8,15H,4,6,9-10,18H2,1H3. The number of hydrogen-bond acceptors (Lipinski definition) is 3. The zero-order valence-electron chi connectivity index (χ0n) is 11.6. The van der Waals surface area contributed by atoms with Crippen LogP contribution in [0.15, 0.2) is 29.6 Å². The number of fused-ring (bicyclic) bond motifs is 1. The summed E-state index contributed by atoms with van der Waals surface area (Å²) in [6.45, 7) is 4.72. The monoisotopic (exact) mass is 306 g/mol. The highest BCUT2D eigenvalue weighted by Crippen LogP contribution is 2.31. The number of benzene rings is 1. The molecule has 0 fully saturated rings. The third kappa shape index (κ3) is 2.63. The fraction of sp³-hybridized carbons (Fsp3) is 0.375. The molecule has 0 radical (unpaired) electrons. The van der Waals surface area contributed by atoms with Crippen molar-refractivity contribution in [2.24, 2.45) is 5.73 Å². The molecule has 0 spiro atoms. The van der Waals surface area contributed by atoms with Crippen LogP contribution in [0.25, 0.3) is 0 Å². The summed E-state index contributed by atoms with van der Waals surface area (Å²) in [7, 11) is 0. The zero-order chi connectivity index (χ0) is 14.1. The van der Waals surface area contributed by atoms with Crippen LogP contribution in [0.1, 0.15) is 27.6 Å². The van der Waals surface area contributed by atoms with E-state index in [1.165, 1.54) is 16.0 Å². The molecule has 1 aliphatic heterocycles. The van der Waals surface area contributed by atoms with Gasteiger partial charge in [-0.15, -0.1) is 11.3 Å². The van der Waals surface area contributed by atoms with Gasteiger partial charge in [0.25, 0.3) is 0 Å². The Morgan fingerprint density at radius 2 is 2.25 bits per heavy atom. The van der Waals surface area contributed by atoms with Gasteiger partial charge in [0.1, 0.15) is 0 Å². The lowest BCUT2D eigenvalue weighted by atomic mass is 10.0. The van der Waals surface area contributed by atoms with Crippen LogP contribution in [0.2, 0.25) is 5.02 Å². The first kappa shape index (κ1) is 14.1. The van der Waals surface area contributed by atoms with Crippen LogP contribution >= 0.6 is 22.9 Å². The lowest BCUT2D eigenvalue weighted by Crippen LogP contribution is -2.37. The van der Waals surface area contributed by atoms with Crippen LogP contribution in [0.5, 0.6) is 0 Å². The maximum absolute atomic E-state index is 6.26. The van der Waals surface area contributed by atoms with Gasteiger partial charge in [-0.2, -0.15) is 0 Å². The van der Waals surface area contributed by atoms with E-state index in [0.29, 0.717) is 6.54 Å². The first-order chi connectivity index (χ1) is 9.69. The molecule has 2 heterocycles. The number of nitrogens with two attached hydrogens (primary N) is 1. The number of aryl methyl sites for hydroxylation is 1.